The molecular formula is C9H12NO5S-. The summed E-state index contributed by atoms with van der Waals surface area (Å²) < 4.78 is 22.3. The number of sulfone groups is 1. The van der Waals surface area contributed by atoms with Crippen molar-refractivity contribution >= 4 is 21.7 Å². The van der Waals surface area contributed by atoms with Crippen molar-refractivity contribution in [2.75, 3.05) is 18.6 Å². The van der Waals surface area contributed by atoms with Crippen molar-refractivity contribution in [3.8, 4) is 0 Å². The summed E-state index contributed by atoms with van der Waals surface area (Å²) in [6.45, 7) is 0. The van der Waals surface area contributed by atoms with Crippen LogP contribution in [0.3, 0.4) is 0 Å². The van der Waals surface area contributed by atoms with Gasteiger partial charge >= 0.3 is 0 Å². The molecule has 0 aromatic carbocycles. The summed E-state index contributed by atoms with van der Waals surface area (Å²) in [5, 5.41) is 10.1. The molecule has 1 amide bonds. The Bertz CT molecular complexity index is 425. The zero-order valence-electron chi connectivity index (χ0n) is 8.75. The first-order chi connectivity index (χ1) is 7.32. The van der Waals surface area contributed by atoms with Crippen molar-refractivity contribution < 1.29 is 23.1 Å². The normalized spacial score (nSPS) is 23.4. The Kier molecular flexibility index (Phi) is 3.69. The average molecular weight is 246 g/mol. The van der Waals surface area contributed by atoms with E-state index in [1.165, 1.54) is 11.9 Å². The van der Waals surface area contributed by atoms with E-state index < -0.39 is 21.7 Å². The molecule has 1 saturated heterocycles. The second-order valence-corrected chi connectivity index (χ2v) is 5.89. The molecule has 16 heavy (non-hydrogen) atoms. The Morgan fingerprint density at radius 1 is 1.38 bits per heavy atom. The van der Waals surface area contributed by atoms with Crippen LogP contribution in [0, 0.1) is 0 Å². The first kappa shape index (κ1) is 12.7. The van der Waals surface area contributed by atoms with Gasteiger partial charge in [-0.25, -0.2) is 8.42 Å². The Morgan fingerprint density at radius 3 is 2.44 bits per heavy atom. The number of amides is 1. The van der Waals surface area contributed by atoms with Gasteiger partial charge in [-0.1, -0.05) is 0 Å². The van der Waals surface area contributed by atoms with Gasteiger partial charge in [0, 0.05) is 19.2 Å². The maximum absolute atomic E-state index is 11.4. The van der Waals surface area contributed by atoms with Crippen LogP contribution in [-0.4, -0.2) is 49.8 Å². The number of rotatable bonds is 3. The molecule has 0 N–H and O–H groups in total. The highest BCUT2D eigenvalue weighted by atomic mass is 32.2. The predicted molar refractivity (Wildman–Crippen MR) is 54.0 cm³/mol. The largest absolute Gasteiger partial charge is 0.545 e. The number of carbonyl (C=O) groups is 2. The lowest BCUT2D eigenvalue weighted by Crippen LogP contribution is -2.37. The Morgan fingerprint density at radius 2 is 2.00 bits per heavy atom. The lowest BCUT2D eigenvalue weighted by molar-refractivity contribution is -0.297. The van der Waals surface area contributed by atoms with E-state index in [2.05, 4.69) is 0 Å². The van der Waals surface area contributed by atoms with Crippen molar-refractivity contribution in [2.45, 2.75) is 12.5 Å². The molecule has 7 heteroatoms. The third kappa shape index (κ3) is 3.34. The molecular weight excluding hydrogens is 234 g/mol. The smallest absolute Gasteiger partial charge is 0.246 e. The van der Waals surface area contributed by atoms with Gasteiger partial charge in [0.05, 0.1) is 17.5 Å². The number of carbonyl (C=O) groups excluding carboxylic acids is 2. The minimum Gasteiger partial charge on any atom is -0.545 e. The van der Waals surface area contributed by atoms with E-state index in [0.29, 0.717) is 12.5 Å². The zero-order valence-corrected chi connectivity index (χ0v) is 9.57. The fourth-order valence-corrected chi connectivity index (χ4v) is 3.29. The van der Waals surface area contributed by atoms with Crippen LogP contribution in [0.5, 0.6) is 0 Å². The van der Waals surface area contributed by atoms with Gasteiger partial charge in [0.15, 0.2) is 9.84 Å². The fourth-order valence-electron chi connectivity index (χ4n) is 1.52. The van der Waals surface area contributed by atoms with Crippen molar-refractivity contribution in [1.29, 1.82) is 0 Å². The summed E-state index contributed by atoms with van der Waals surface area (Å²) in [5.74, 6) is -1.99. The number of hydrogen-bond acceptors (Lipinski definition) is 5. The minimum absolute atomic E-state index is 0.0611. The lowest BCUT2D eigenvalue weighted by atomic mass is 10.2. The van der Waals surface area contributed by atoms with E-state index >= 15 is 0 Å². The number of carboxylic acids is 1. The van der Waals surface area contributed by atoms with E-state index in [4.69, 9.17) is 0 Å². The molecule has 1 rings (SSSR count). The molecule has 1 aliphatic heterocycles. The van der Waals surface area contributed by atoms with Crippen LogP contribution in [0.25, 0.3) is 0 Å². The lowest BCUT2D eigenvalue weighted by Gasteiger charge is -2.21. The van der Waals surface area contributed by atoms with Crippen LogP contribution in [-0.2, 0) is 19.4 Å². The summed E-state index contributed by atoms with van der Waals surface area (Å²) in [4.78, 5) is 22.7. The molecule has 90 valence electrons. The van der Waals surface area contributed by atoms with Crippen LogP contribution < -0.4 is 5.11 Å². The molecule has 0 aromatic heterocycles. The predicted octanol–water partition coefficient (Wildman–Crippen LogP) is -2.06. The number of carboxylic acid groups (broad SMARTS) is 1. The van der Waals surface area contributed by atoms with Gasteiger partial charge in [0.2, 0.25) is 5.91 Å². The number of hydrogen-bond donors (Lipinski definition) is 0. The second kappa shape index (κ2) is 4.65. The third-order valence-electron chi connectivity index (χ3n) is 2.47. The third-order valence-corrected chi connectivity index (χ3v) is 4.22. The van der Waals surface area contributed by atoms with E-state index in [-0.39, 0.29) is 17.5 Å². The van der Waals surface area contributed by atoms with Crippen molar-refractivity contribution in [2.24, 2.45) is 0 Å². The number of nitrogens with zero attached hydrogens (tertiary/aromatic N) is 1. The minimum atomic E-state index is -3.05. The van der Waals surface area contributed by atoms with Crippen LogP contribution in [0.4, 0.5) is 0 Å². The second-order valence-electron chi connectivity index (χ2n) is 3.66. The summed E-state index contributed by atoms with van der Waals surface area (Å²) >= 11 is 0. The topological polar surface area (TPSA) is 94.6 Å². The molecule has 1 aliphatic rings. The van der Waals surface area contributed by atoms with Crippen molar-refractivity contribution in [3.05, 3.63) is 12.2 Å². The molecule has 0 spiro atoms. The molecule has 0 saturated carbocycles. The first-order valence-electron chi connectivity index (χ1n) is 4.68. The SMILES string of the molecule is CN(C(=O)/C=C/C(=O)[O-])[C@@H]1CCS(=O)(=O)C1. The average Bonchev–Trinajstić information content (AvgIpc) is 2.54. The van der Waals surface area contributed by atoms with Gasteiger partial charge in [-0.05, 0) is 12.5 Å². The molecule has 6 nitrogen and oxygen atoms in total. The monoisotopic (exact) mass is 246 g/mol. The Labute approximate surface area is 93.5 Å². The van der Waals surface area contributed by atoms with Gasteiger partial charge in [-0.2, -0.15) is 0 Å². The van der Waals surface area contributed by atoms with Gasteiger partial charge in [-0.3, -0.25) is 4.79 Å². The fraction of sp³-hybridized carbons (Fsp3) is 0.556. The summed E-state index contributed by atoms with van der Waals surface area (Å²) in [6, 6.07) is -0.371. The number of likely N-dealkylation sites (N-methyl/N-ethyl adjacent to an activating group) is 1. The van der Waals surface area contributed by atoms with E-state index in [1.807, 2.05) is 0 Å². The Balaban J connectivity index is 2.62. The van der Waals surface area contributed by atoms with Crippen LogP contribution >= 0.6 is 0 Å². The summed E-state index contributed by atoms with van der Waals surface area (Å²) in [5.41, 5.74) is 0. The standard InChI is InChI=1S/C9H13NO5S/c1-10(8(11)2-3-9(12)13)7-4-5-16(14,15)6-7/h2-3,7H,4-6H2,1H3,(H,12,13)/p-1/b3-2+/t7-/m1/s1. The molecule has 0 unspecified atom stereocenters. The first-order valence-corrected chi connectivity index (χ1v) is 6.50. The molecule has 1 heterocycles. The summed E-state index contributed by atoms with van der Waals surface area (Å²) in [6.07, 6.45) is 1.88. The highest BCUT2D eigenvalue weighted by molar-refractivity contribution is 7.91. The molecule has 1 atom stereocenters. The molecule has 0 bridgehead atoms. The van der Waals surface area contributed by atoms with E-state index in [0.717, 1.165) is 6.08 Å². The van der Waals surface area contributed by atoms with Gasteiger partial charge < -0.3 is 14.8 Å². The Hall–Kier alpha value is -1.37. The zero-order chi connectivity index (χ0) is 12.3. The number of aliphatic carboxylic acids is 1. The van der Waals surface area contributed by atoms with E-state index in [9.17, 15) is 23.1 Å². The van der Waals surface area contributed by atoms with Gasteiger partial charge in [-0.15, -0.1) is 0 Å². The van der Waals surface area contributed by atoms with Crippen molar-refractivity contribution in [3.63, 3.8) is 0 Å². The molecule has 0 aromatic rings. The molecule has 0 aliphatic carbocycles. The maximum Gasteiger partial charge on any atom is 0.246 e. The van der Waals surface area contributed by atoms with Crippen LogP contribution in [0.1, 0.15) is 6.42 Å². The quantitative estimate of drug-likeness (QED) is 0.533. The molecule has 0 radical (unpaired) electrons. The van der Waals surface area contributed by atoms with Crippen LogP contribution in [0.15, 0.2) is 12.2 Å². The van der Waals surface area contributed by atoms with Gasteiger partial charge in [0.1, 0.15) is 0 Å². The highest BCUT2D eigenvalue weighted by Crippen LogP contribution is 2.16. The van der Waals surface area contributed by atoms with Crippen LogP contribution in [0.2, 0.25) is 0 Å². The molecule has 1 fully saturated rings. The summed E-state index contributed by atoms with van der Waals surface area (Å²) in [7, 11) is -1.60. The maximum atomic E-state index is 11.4. The van der Waals surface area contributed by atoms with E-state index in [1.54, 1.807) is 0 Å². The van der Waals surface area contributed by atoms with Gasteiger partial charge in [0.25, 0.3) is 0 Å². The highest BCUT2D eigenvalue weighted by Gasteiger charge is 2.31. The van der Waals surface area contributed by atoms with Crippen molar-refractivity contribution in [1.82, 2.24) is 4.90 Å².